The standard InChI is InChI=1S/C16H21F3N4/c1-12(23-7-5-22(2)6-8-23)11-21-15-9-13(10-20)3-4-14(15)16(17,18)19/h3-4,9,12,21H,5-8,11H2,1-2H3. The third-order valence-electron chi connectivity index (χ3n) is 4.20. The Hall–Kier alpha value is -1.78. The predicted octanol–water partition coefficient (Wildman–Crippen LogP) is 2.62. The molecule has 0 bridgehead atoms. The first-order valence-electron chi connectivity index (χ1n) is 7.59. The number of piperazine rings is 1. The van der Waals surface area contributed by atoms with E-state index in [1.54, 1.807) is 0 Å². The molecule has 1 aliphatic heterocycles. The van der Waals surface area contributed by atoms with Crippen molar-refractivity contribution < 1.29 is 13.2 Å². The van der Waals surface area contributed by atoms with Crippen LogP contribution >= 0.6 is 0 Å². The van der Waals surface area contributed by atoms with Crippen LogP contribution < -0.4 is 5.32 Å². The van der Waals surface area contributed by atoms with E-state index < -0.39 is 11.7 Å². The lowest BCUT2D eigenvalue weighted by Gasteiger charge is -2.36. The van der Waals surface area contributed by atoms with Crippen molar-refractivity contribution in [3.05, 3.63) is 29.3 Å². The van der Waals surface area contributed by atoms with Crippen molar-refractivity contribution in [2.24, 2.45) is 0 Å². The van der Waals surface area contributed by atoms with Crippen molar-refractivity contribution in [2.75, 3.05) is 45.1 Å². The van der Waals surface area contributed by atoms with Crippen LogP contribution in [0.1, 0.15) is 18.1 Å². The number of benzene rings is 1. The average molecular weight is 326 g/mol. The highest BCUT2D eigenvalue weighted by Crippen LogP contribution is 2.35. The summed E-state index contributed by atoms with van der Waals surface area (Å²) in [5.74, 6) is 0. The fourth-order valence-electron chi connectivity index (χ4n) is 2.66. The second-order valence-electron chi connectivity index (χ2n) is 5.94. The Bertz CT molecular complexity index is 572. The number of alkyl halides is 3. The van der Waals surface area contributed by atoms with Gasteiger partial charge < -0.3 is 10.2 Å². The molecular formula is C16H21F3N4. The highest BCUT2D eigenvalue weighted by molar-refractivity contribution is 5.57. The lowest BCUT2D eigenvalue weighted by Crippen LogP contribution is -2.49. The van der Waals surface area contributed by atoms with Crippen molar-refractivity contribution in [3.63, 3.8) is 0 Å². The van der Waals surface area contributed by atoms with Crippen molar-refractivity contribution in [2.45, 2.75) is 19.1 Å². The summed E-state index contributed by atoms with van der Waals surface area (Å²) in [5.41, 5.74) is -0.549. The Morgan fingerprint density at radius 3 is 2.48 bits per heavy atom. The quantitative estimate of drug-likeness (QED) is 0.924. The molecule has 1 saturated heterocycles. The molecule has 1 N–H and O–H groups in total. The molecule has 4 nitrogen and oxygen atoms in total. The zero-order valence-corrected chi connectivity index (χ0v) is 13.3. The van der Waals surface area contributed by atoms with Crippen LogP contribution in [0.3, 0.4) is 0 Å². The van der Waals surface area contributed by atoms with Gasteiger partial charge >= 0.3 is 6.18 Å². The number of hydrogen-bond donors (Lipinski definition) is 1. The van der Waals surface area contributed by atoms with Gasteiger partial charge in [-0.25, -0.2) is 0 Å². The molecule has 0 spiro atoms. The molecular weight excluding hydrogens is 305 g/mol. The number of likely N-dealkylation sites (N-methyl/N-ethyl adjacent to an activating group) is 1. The first-order chi connectivity index (χ1) is 10.8. The van der Waals surface area contributed by atoms with E-state index >= 15 is 0 Å². The molecule has 1 fully saturated rings. The van der Waals surface area contributed by atoms with E-state index in [2.05, 4.69) is 22.2 Å². The van der Waals surface area contributed by atoms with E-state index in [1.807, 2.05) is 13.0 Å². The van der Waals surface area contributed by atoms with E-state index in [4.69, 9.17) is 5.26 Å². The van der Waals surface area contributed by atoms with Gasteiger partial charge in [-0.15, -0.1) is 0 Å². The van der Waals surface area contributed by atoms with Crippen molar-refractivity contribution in [3.8, 4) is 6.07 Å². The molecule has 1 atom stereocenters. The van der Waals surface area contributed by atoms with E-state index in [0.29, 0.717) is 6.54 Å². The lowest BCUT2D eigenvalue weighted by atomic mass is 10.1. The molecule has 1 aromatic carbocycles. The first-order valence-corrected chi connectivity index (χ1v) is 7.59. The molecule has 1 unspecified atom stereocenters. The van der Waals surface area contributed by atoms with Gasteiger partial charge in [-0.3, -0.25) is 4.90 Å². The van der Waals surface area contributed by atoms with Crippen LogP contribution in [0.4, 0.5) is 18.9 Å². The van der Waals surface area contributed by atoms with E-state index in [9.17, 15) is 13.2 Å². The van der Waals surface area contributed by atoms with Crippen LogP contribution in [0.5, 0.6) is 0 Å². The molecule has 1 aromatic rings. The van der Waals surface area contributed by atoms with Crippen molar-refractivity contribution >= 4 is 5.69 Å². The zero-order chi connectivity index (χ0) is 17.0. The minimum absolute atomic E-state index is 0.0301. The maximum absolute atomic E-state index is 13.1. The molecule has 23 heavy (non-hydrogen) atoms. The predicted molar refractivity (Wildman–Crippen MR) is 83.2 cm³/mol. The summed E-state index contributed by atoms with van der Waals surface area (Å²) in [4.78, 5) is 4.49. The number of nitrogens with zero attached hydrogens (tertiary/aromatic N) is 3. The fraction of sp³-hybridized carbons (Fsp3) is 0.562. The smallest absolute Gasteiger partial charge is 0.383 e. The van der Waals surface area contributed by atoms with E-state index in [0.717, 1.165) is 32.2 Å². The molecule has 0 aromatic heterocycles. The largest absolute Gasteiger partial charge is 0.418 e. The second kappa shape index (κ2) is 7.20. The normalized spacial score (nSPS) is 18.4. The molecule has 2 rings (SSSR count). The second-order valence-corrected chi connectivity index (χ2v) is 5.94. The summed E-state index contributed by atoms with van der Waals surface area (Å²) in [6.07, 6.45) is -4.44. The lowest BCUT2D eigenvalue weighted by molar-refractivity contribution is -0.137. The molecule has 0 aliphatic carbocycles. The Balaban J connectivity index is 2.05. The first kappa shape index (κ1) is 17.6. The summed E-state index contributed by atoms with van der Waals surface area (Å²) in [6, 6.07) is 5.41. The van der Waals surface area contributed by atoms with Crippen LogP contribution in [0, 0.1) is 11.3 Å². The van der Waals surface area contributed by atoms with Crippen LogP contribution in [0.25, 0.3) is 0 Å². The highest BCUT2D eigenvalue weighted by Gasteiger charge is 2.33. The minimum Gasteiger partial charge on any atom is -0.383 e. The van der Waals surface area contributed by atoms with E-state index in [1.165, 1.54) is 12.1 Å². The summed E-state index contributed by atoms with van der Waals surface area (Å²) in [5, 5.41) is 11.8. The summed E-state index contributed by atoms with van der Waals surface area (Å²) in [6.45, 7) is 6.14. The maximum atomic E-state index is 13.1. The fourth-order valence-corrected chi connectivity index (χ4v) is 2.66. The molecule has 0 saturated carbocycles. The number of anilines is 1. The maximum Gasteiger partial charge on any atom is 0.418 e. The van der Waals surface area contributed by atoms with Gasteiger partial charge in [0, 0.05) is 44.5 Å². The van der Waals surface area contributed by atoms with Gasteiger partial charge in [0.2, 0.25) is 0 Å². The summed E-state index contributed by atoms with van der Waals surface area (Å²) in [7, 11) is 2.06. The van der Waals surface area contributed by atoms with Gasteiger partial charge in [-0.05, 0) is 32.2 Å². The summed E-state index contributed by atoms with van der Waals surface area (Å²) >= 11 is 0. The van der Waals surface area contributed by atoms with Crippen molar-refractivity contribution in [1.29, 1.82) is 5.26 Å². The molecule has 1 heterocycles. The van der Waals surface area contributed by atoms with Crippen LogP contribution in [-0.4, -0.2) is 55.6 Å². The van der Waals surface area contributed by atoms with Gasteiger partial charge in [-0.1, -0.05) is 0 Å². The van der Waals surface area contributed by atoms with Crippen LogP contribution in [0.2, 0.25) is 0 Å². The number of hydrogen-bond acceptors (Lipinski definition) is 4. The average Bonchev–Trinajstić information content (AvgIpc) is 2.52. The van der Waals surface area contributed by atoms with E-state index in [-0.39, 0.29) is 17.3 Å². The Morgan fingerprint density at radius 1 is 1.26 bits per heavy atom. The Morgan fingerprint density at radius 2 is 1.91 bits per heavy atom. The minimum atomic E-state index is -4.44. The molecule has 7 heteroatoms. The zero-order valence-electron chi connectivity index (χ0n) is 13.3. The SMILES string of the molecule is CC(CNc1cc(C#N)ccc1C(F)(F)F)N1CCN(C)CC1. The Kier molecular flexibility index (Phi) is 5.50. The number of nitrogens with one attached hydrogen (secondary N) is 1. The van der Waals surface area contributed by atoms with Gasteiger partial charge in [0.15, 0.2) is 0 Å². The molecule has 126 valence electrons. The monoisotopic (exact) mass is 326 g/mol. The Labute approximate surface area is 134 Å². The van der Waals surface area contributed by atoms with Crippen molar-refractivity contribution in [1.82, 2.24) is 9.80 Å². The van der Waals surface area contributed by atoms with Gasteiger partial charge in [-0.2, -0.15) is 18.4 Å². The number of nitriles is 1. The topological polar surface area (TPSA) is 42.3 Å². The number of halogens is 3. The van der Waals surface area contributed by atoms with Gasteiger partial charge in [0.25, 0.3) is 0 Å². The summed E-state index contributed by atoms with van der Waals surface area (Å²) < 4.78 is 39.2. The highest BCUT2D eigenvalue weighted by atomic mass is 19.4. The van der Waals surface area contributed by atoms with Crippen LogP contribution in [-0.2, 0) is 6.18 Å². The number of rotatable bonds is 4. The van der Waals surface area contributed by atoms with Gasteiger partial charge in [0.1, 0.15) is 0 Å². The third kappa shape index (κ3) is 4.60. The third-order valence-corrected chi connectivity index (χ3v) is 4.20. The molecule has 0 radical (unpaired) electrons. The molecule has 1 aliphatic rings. The van der Waals surface area contributed by atoms with Gasteiger partial charge in [0.05, 0.1) is 17.2 Å². The van der Waals surface area contributed by atoms with Crippen LogP contribution in [0.15, 0.2) is 18.2 Å². The molecule has 0 amide bonds.